The van der Waals surface area contributed by atoms with Gasteiger partial charge in [0.25, 0.3) is 0 Å². The summed E-state index contributed by atoms with van der Waals surface area (Å²) in [6, 6.07) is 42.4. The number of para-hydroxylation sites is 1. The topological polar surface area (TPSA) is 39.9 Å². The van der Waals surface area contributed by atoms with Gasteiger partial charge in [-0.25, -0.2) is 9.97 Å². The molecule has 0 saturated heterocycles. The van der Waals surface area contributed by atoms with Crippen LogP contribution in [0, 0.1) is 0 Å². The maximum Gasteiger partial charge on any atom is 0.162 e. The Balaban J connectivity index is 1.38. The summed E-state index contributed by atoms with van der Waals surface area (Å²) in [6.07, 6.45) is 1.81. The van der Waals surface area contributed by atoms with Crippen LogP contribution in [-0.4, -0.2) is 14.5 Å². The molecule has 1 aliphatic rings. The second kappa shape index (κ2) is 8.01. The van der Waals surface area contributed by atoms with E-state index in [-0.39, 0.29) is 0 Å². The lowest BCUT2D eigenvalue weighted by atomic mass is 9.93. The van der Waals surface area contributed by atoms with Crippen LogP contribution >= 0.6 is 0 Å². The van der Waals surface area contributed by atoms with Gasteiger partial charge in [-0.2, -0.15) is 0 Å². The van der Waals surface area contributed by atoms with Gasteiger partial charge in [0.05, 0.1) is 11.0 Å². The zero-order valence-electron chi connectivity index (χ0n) is 21.4. The molecule has 0 N–H and O–H groups in total. The van der Waals surface area contributed by atoms with Gasteiger partial charge in [0.1, 0.15) is 17.3 Å². The van der Waals surface area contributed by atoms with Crippen LogP contribution in [0.3, 0.4) is 0 Å². The van der Waals surface area contributed by atoms with Crippen molar-refractivity contribution in [2.24, 2.45) is 0 Å². The molecule has 3 aromatic heterocycles. The van der Waals surface area contributed by atoms with Crippen LogP contribution in [0.25, 0.3) is 71.7 Å². The van der Waals surface area contributed by atoms with Crippen LogP contribution < -0.4 is 4.74 Å². The Morgan fingerprint density at radius 1 is 0.550 bits per heavy atom. The number of nitrogens with zero attached hydrogens (tertiary/aromatic N) is 3. The first-order valence-corrected chi connectivity index (χ1v) is 13.4. The lowest BCUT2D eigenvalue weighted by molar-refractivity contribution is 0.487. The number of rotatable bonds is 2. The third kappa shape index (κ3) is 2.96. The van der Waals surface area contributed by atoms with Gasteiger partial charge in [0.2, 0.25) is 0 Å². The minimum absolute atomic E-state index is 0.722. The molecule has 1 aliphatic heterocycles. The second-order valence-corrected chi connectivity index (χ2v) is 10.2. The molecule has 0 fully saturated rings. The molecular weight excluding hydrogens is 490 g/mol. The number of pyridine rings is 2. The summed E-state index contributed by atoms with van der Waals surface area (Å²) in [5.74, 6) is 2.57. The molecule has 9 rings (SSSR count). The molecule has 186 valence electrons. The fourth-order valence-corrected chi connectivity index (χ4v) is 6.29. The number of hydrogen-bond acceptors (Lipinski definition) is 3. The van der Waals surface area contributed by atoms with Crippen molar-refractivity contribution in [3.8, 4) is 39.6 Å². The Labute approximate surface area is 229 Å². The highest BCUT2D eigenvalue weighted by Gasteiger charge is 2.24. The normalized spacial score (nSPS) is 12.2. The molecule has 0 aliphatic carbocycles. The number of fused-ring (bicyclic) bond motifs is 6. The molecule has 0 bridgehead atoms. The van der Waals surface area contributed by atoms with Crippen molar-refractivity contribution in [2.45, 2.75) is 0 Å². The Bertz CT molecular complexity index is 2300. The van der Waals surface area contributed by atoms with Crippen LogP contribution in [0.2, 0.25) is 0 Å². The largest absolute Gasteiger partial charge is 0.456 e. The van der Waals surface area contributed by atoms with Crippen LogP contribution in [0.15, 0.2) is 128 Å². The van der Waals surface area contributed by atoms with E-state index in [1.54, 1.807) is 0 Å². The van der Waals surface area contributed by atoms with Gasteiger partial charge in [0.15, 0.2) is 5.65 Å². The summed E-state index contributed by atoms with van der Waals surface area (Å²) in [5.41, 5.74) is 7.42. The van der Waals surface area contributed by atoms with Gasteiger partial charge in [-0.3, -0.25) is 4.57 Å². The zero-order valence-corrected chi connectivity index (χ0v) is 21.4. The van der Waals surface area contributed by atoms with Crippen molar-refractivity contribution in [3.63, 3.8) is 0 Å². The maximum atomic E-state index is 6.56. The highest BCUT2D eigenvalue weighted by molar-refractivity contribution is 6.13. The molecule has 0 radical (unpaired) electrons. The first kappa shape index (κ1) is 21.5. The number of benzene rings is 5. The van der Waals surface area contributed by atoms with Crippen LogP contribution in [-0.2, 0) is 0 Å². The van der Waals surface area contributed by atoms with Crippen molar-refractivity contribution in [3.05, 3.63) is 128 Å². The standard InChI is InChI=1S/C36H21N3O/c1-2-9-22(10-3-1)27-20-34(38-36-26(27)15-8-18-37-36)39-30-16-5-4-13-24(30)28-19-29-25-14-6-11-23-12-7-17-32(35(23)25)40-33(29)21-31(28)39/h1-21H. The van der Waals surface area contributed by atoms with E-state index in [4.69, 9.17) is 9.72 Å². The molecule has 4 heteroatoms. The number of hydrogen-bond donors (Lipinski definition) is 0. The van der Waals surface area contributed by atoms with E-state index in [2.05, 4.69) is 119 Å². The molecule has 40 heavy (non-hydrogen) atoms. The van der Waals surface area contributed by atoms with Gasteiger partial charge in [-0.15, -0.1) is 0 Å². The monoisotopic (exact) mass is 511 g/mol. The Hall–Kier alpha value is -5.48. The van der Waals surface area contributed by atoms with Crippen LogP contribution in [0.5, 0.6) is 11.5 Å². The predicted octanol–water partition coefficient (Wildman–Crippen LogP) is 9.32. The summed E-state index contributed by atoms with van der Waals surface area (Å²) in [4.78, 5) is 9.76. The minimum atomic E-state index is 0.722. The van der Waals surface area contributed by atoms with Crippen LogP contribution in [0.1, 0.15) is 0 Å². The van der Waals surface area contributed by atoms with Gasteiger partial charge in [-0.05, 0) is 58.5 Å². The quantitative estimate of drug-likeness (QED) is 0.232. The van der Waals surface area contributed by atoms with E-state index < -0.39 is 0 Å². The zero-order chi connectivity index (χ0) is 26.2. The summed E-state index contributed by atoms with van der Waals surface area (Å²) >= 11 is 0. The summed E-state index contributed by atoms with van der Waals surface area (Å²) in [6.45, 7) is 0. The molecule has 0 spiro atoms. The Kier molecular flexibility index (Phi) is 4.30. The van der Waals surface area contributed by atoms with Gasteiger partial charge < -0.3 is 4.74 Å². The summed E-state index contributed by atoms with van der Waals surface area (Å²) in [7, 11) is 0. The van der Waals surface area contributed by atoms with E-state index in [1.807, 2.05) is 18.3 Å². The lowest BCUT2D eigenvalue weighted by Crippen LogP contribution is -2.01. The Morgan fingerprint density at radius 3 is 2.30 bits per heavy atom. The van der Waals surface area contributed by atoms with Gasteiger partial charge in [-0.1, -0.05) is 78.9 Å². The summed E-state index contributed by atoms with van der Waals surface area (Å²) in [5, 5.41) is 5.72. The van der Waals surface area contributed by atoms with Gasteiger partial charge in [0, 0.05) is 39.4 Å². The maximum absolute atomic E-state index is 6.56. The number of aromatic nitrogens is 3. The predicted molar refractivity (Wildman–Crippen MR) is 162 cm³/mol. The number of ether oxygens (including phenoxy) is 1. The third-order valence-electron chi connectivity index (χ3n) is 8.04. The summed E-state index contributed by atoms with van der Waals surface area (Å²) < 4.78 is 8.81. The highest BCUT2D eigenvalue weighted by Crippen LogP contribution is 2.49. The van der Waals surface area contributed by atoms with Crippen molar-refractivity contribution < 1.29 is 4.74 Å². The molecule has 8 aromatic rings. The van der Waals surface area contributed by atoms with Crippen molar-refractivity contribution >= 4 is 43.6 Å². The molecule has 0 atom stereocenters. The molecule has 4 nitrogen and oxygen atoms in total. The molecular formula is C36H21N3O. The Morgan fingerprint density at radius 2 is 1.38 bits per heavy atom. The first-order valence-electron chi connectivity index (χ1n) is 13.4. The first-order chi connectivity index (χ1) is 19.8. The average Bonchev–Trinajstić information content (AvgIpc) is 3.33. The molecule has 4 heterocycles. The van der Waals surface area contributed by atoms with E-state index in [1.165, 1.54) is 21.7 Å². The fourth-order valence-electron chi connectivity index (χ4n) is 6.29. The van der Waals surface area contributed by atoms with Crippen molar-refractivity contribution in [1.82, 2.24) is 14.5 Å². The van der Waals surface area contributed by atoms with E-state index in [0.29, 0.717) is 0 Å². The van der Waals surface area contributed by atoms with Gasteiger partial charge >= 0.3 is 0 Å². The lowest BCUT2D eigenvalue weighted by Gasteiger charge is -2.21. The smallest absolute Gasteiger partial charge is 0.162 e. The fraction of sp³-hybridized carbons (Fsp3) is 0. The molecule has 0 saturated carbocycles. The average molecular weight is 512 g/mol. The molecule has 0 amide bonds. The van der Waals surface area contributed by atoms with Crippen molar-refractivity contribution in [1.29, 1.82) is 0 Å². The van der Waals surface area contributed by atoms with Crippen molar-refractivity contribution in [2.75, 3.05) is 0 Å². The minimum Gasteiger partial charge on any atom is -0.456 e. The molecule has 0 unspecified atom stereocenters. The second-order valence-electron chi connectivity index (χ2n) is 10.2. The van der Waals surface area contributed by atoms with Crippen LogP contribution in [0.4, 0.5) is 0 Å². The van der Waals surface area contributed by atoms with E-state index in [9.17, 15) is 0 Å². The van der Waals surface area contributed by atoms with E-state index in [0.717, 1.165) is 61.5 Å². The molecule has 5 aromatic carbocycles. The SMILES string of the molecule is c1ccc(-c2cc(-n3c4ccccc4c4cc5c(cc43)Oc3cccc4cccc-5c34)nc3ncccc23)cc1. The van der Waals surface area contributed by atoms with E-state index >= 15 is 0 Å². The highest BCUT2D eigenvalue weighted by atomic mass is 16.5. The third-order valence-corrected chi connectivity index (χ3v) is 8.04.